The van der Waals surface area contributed by atoms with E-state index in [1.807, 2.05) is 0 Å². The van der Waals surface area contributed by atoms with Crippen LogP contribution in [-0.2, 0) is 9.47 Å². The summed E-state index contributed by atoms with van der Waals surface area (Å²) in [4.78, 5) is 2.43. The van der Waals surface area contributed by atoms with Gasteiger partial charge in [0.05, 0.1) is 12.2 Å². The molecule has 1 saturated heterocycles. The van der Waals surface area contributed by atoms with Crippen molar-refractivity contribution in [1.29, 1.82) is 0 Å². The van der Waals surface area contributed by atoms with Crippen molar-refractivity contribution < 1.29 is 9.47 Å². The predicted octanol–water partition coefficient (Wildman–Crippen LogP) is 0.722. The molecule has 2 atom stereocenters. The molecule has 1 heterocycles. The van der Waals surface area contributed by atoms with Gasteiger partial charge >= 0.3 is 0 Å². The number of hydrogen-bond acceptors (Lipinski definition) is 4. The quantitative estimate of drug-likeness (QED) is 0.623. The molecule has 96 valence electrons. The molecule has 4 heteroatoms. The Kier molecular flexibility index (Phi) is 6.96. The van der Waals surface area contributed by atoms with E-state index in [2.05, 4.69) is 17.1 Å². The third kappa shape index (κ3) is 4.37. The van der Waals surface area contributed by atoms with E-state index in [9.17, 15) is 0 Å². The molecule has 0 saturated carbocycles. The van der Waals surface area contributed by atoms with Crippen molar-refractivity contribution >= 4 is 0 Å². The molecule has 0 aromatic heterocycles. The Hall–Kier alpha value is -0.160. The molecule has 0 radical (unpaired) electrons. The fourth-order valence-electron chi connectivity index (χ4n) is 2.18. The van der Waals surface area contributed by atoms with Gasteiger partial charge in [-0.3, -0.25) is 4.90 Å². The van der Waals surface area contributed by atoms with E-state index >= 15 is 0 Å². The van der Waals surface area contributed by atoms with Crippen LogP contribution in [0.4, 0.5) is 0 Å². The van der Waals surface area contributed by atoms with Gasteiger partial charge < -0.3 is 14.8 Å². The Labute approximate surface area is 99.3 Å². The monoisotopic (exact) mass is 230 g/mol. The van der Waals surface area contributed by atoms with Crippen molar-refractivity contribution in [2.45, 2.75) is 32.0 Å². The minimum absolute atomic E-state index is 0.244. The minimum Gasteiger partial charge on any atom is -0.377 e. The molecule has 1 N–H and O–H groups in total. The summed E-state index contributed by atoms with van der Waals surface area (Å²) in [6, 6.07) is 0. The van der Waals surface area contributed by atoms with E-state index in [-0.39, 0.29) is 12.2 Å². The van der Waals surface area contributed by atoms with Crippen LogP contribution in [0.3, 0.4) is 0 Å². The van der Waals surface area contributed by atoms with Crippen molar-refractivity contribution in [2.24, 2.45) is 0 Å². The van der Waals surface area contributed by atoms with Crippen molar-refractivity contribution in [2.75, 3.05) is 46.9 Å². The lowest BCUT2D eigenvalue weighted by molar-refractivity contribution is -0.00461. The lowest BCUT2D eigenvalue weighted by Crippen LogP contribution is -2.27. The number of methoxy groups -OCH3 is 2. The van der Waals surface area contributed by atoms with Gasteiger partial charge in [0, 0.05) is 27.3 Å². The third-order valence-electron chi connectivity index (χ3n) is 3.15. The van der Waals surface area contributed by atoms with E-state index in [1.165, 1.54) is 12.8 Å². The van der Waals surface area contributed by atoms with Gasteiger partial charge in [0.15, 0.2) is 0 Å². The summed E-state index contributed by atoms with van der Waals surface area (Å²) in [6.07, 6.45) is 2.90. The first-order valence-electron chi connectivity index (χ1n) is 6.30. The van der Waals surface area contributed by atoms with E-state index in [1.54, 1.807) is 14.2 Å². The normalized spacial score (nSPS) is 26.4. The molecule has 2 unspecified atom stereocenters. The standard InChI is InChI=1S/C12H26N2O2/c1-4-6-13-7-5-8-14-9-11(15-2)12(10-14)16-3/h11-13H,4-10H2,1-3H3. The Morgan fingerprint density at radius 3 is 2.25 bits per heavy atom. The van der Waals surface area contributed by atoms with Crippen LogP contribution < -0.4 is 5.32 Å². The number of rotatable bonds is 8. The van der Waals surface area contributed by atoms with E-state index in [0.29, 0.717) is 0 Å². The van der Waals surface area contributed by atoms with Crippen molar-refractivity contribution in [3.63, 3.8) is 0 Å². The Bertz CT molecular complexity index is 166. The van der Waals surface area contributed by atoms with Crippen molar-refractivity contribution in [1.82, 2.24) is 10.2 Å². The second-order valence-electron chi connectivity index (χ2n) is 4.41. The topological polar surface area (TPSA) is 33.7 Å². The molecule has 0 spiro atoms. The van der Waals surface area contributed by atoms with Crippen LogP contribution in [0, 0.1) is 0 Å². The third-order valence-corrected chi connectivity index (χ3v) is 3.15. The average Bonchev–Trinajstić information content (AvgIpc) is 2.71. The molecule has 0 aromatic rings. The second kappa shape index (κ2) is 8.01. The molecule has 1 aliphatic heterocycles. The number of ether oxygens (including phenoxy) is 2. The molecule has 1 fully saturated rings. The van der Waals surface area contributed by atoms with Crippen LogP contribution in [0.15, 0.2) is 0 Å². The summed E-state index contributed by atoms with van der Waals surface area (Å²) in [5.74, 6) is 0. The van der Waals surface area contributed by atoms with E-state index < -0.39 is 0 Å². The Morgan fingerprint density at radius 2 is 1.75 bits per heavy atom. The van der Waals surface area contributed by atoms with Gasteiger partial charge in [-0.25, -0.2) is 0 Å². The van der Waals surface area contributed by atoms with E-state index in [4.69, 9.17) is 9.47 Å². The summed E-state index contributed by atoms with van der Waals surface area (Å²) in [5, 5.41) is 3.42. The summed E-state index contributed by atoms with van der Waals surface area (Å²) >= 11 is 0. The van der Waals surface area contributed by atoms with Gasteiger partial charge in [-0.1, -0.05) is 6.92 Å². The fraction of sp³-hybridized carbons (Fsp3) is 1.00. The summed E-state index contributed by atoms with van der Waals surface area (Å²) in [7, 11) is 3.53. The average molecular weight is 230 g/mol. The van der Waals surface area contributed by atoms with Gasteiger partial charge in [-0.2, -0.15) is 0 Å². The van der Waals surface area contributed by atoms with Crippen LogP contribution in [0.2, 0.25) is 0 Å². The highest BCUT2D eigenvalue weighted by Crippen LogP contribution is 2.15. The molecular weight excluding hydrogens is 204 g/mol. The van der Waals surface area contributed by atoms with Crippen molar-refractivity contribution in [3.05, 3.63) is 0 Å². The van der Waals surface area contributed by atoms with Gasteiger partial charge in [0.2, 0.25) is 0 Å². The van der Waals surface area contributed by atoms with Crippen molar-refractivity contribution in [3.8, 4) is 0 Å². The second-order valence-corrected chi connectivity index (χ2v) is 4.41. The first-order valence-corrected chi connectivity index (χ1v) is 6.30. The number of nitrogens with one attached hydrogen (secondary N) is 1. The zero-order valence-corrected chi connectivity index (χ0v) is 10.9. The maximum Gasteiger partial charge on any atom is 0.0971 e. The van der Waals surface area contributed by atoms with Gasteiger partial charge in [0.1, 0.15) is 0 Å². The largest absolute Gasteiger partial charge is 0.377 e. The number of hydrogen-bond donors (Lipinski definition) is 1. The summed E-state index contributed by atoms with van der Waals surface area (Å²) < 4.78 is 10.8. The Morgan fingerprint density at radius 1 is 1.12 bits per heavy atom. The van der Waals surface area contributed by atoms with Crippen LogP contribution in [-0.4, -0.2) is 64.1 Å². The molecule has 0 aromatic carbocycles. The van der Waals surface area contributed by atoms with Gasteiger partial charge in [-0.15, -0.1) is 0 Å². The zero-order chi connectivity index (χ0) is 11.8. The van der Waals surface area contributed by atoms with Crippen LogP contribution in [0.5, 0.6) is 0 Å². The smallest absolute Gasteiger partial charge is 0.0971 e. The highest BCUT2D eigenvalue weighted by molar-refractivity contribution is 4.85. The van der Waals surface area contributed by atoms with Crippen LogP contribution in [0.25, 0.3) is 0 Å². The molecule has 1 aliphatic rings. The number of likely N-dealkylation sites (tertiary alicyclic amines) is 1. The molecule has 16 heavy (non-hydrogen) atoms. The molecule has 4 nitrogen and oxygen atoms in total. The minimum atomic E-state index is 0.244. The molecule has 0 amide bonds. The maximum absolute atomic E-state index is 5.41. The summed E-state index contributed by atoms with van der Waals surface area (Å²) in [6.45, 7) is 7.57. The molecule has 0 bridgehead atoms. The predicted molar refractivity (Wildman–Crippen MR) is 65.8 cm³/mol. The Balaban J connectivity index is 2.10. The molecule has 1 rings (SSSR count). The van der Waals surface area contributed by atoms with Gasteiger partial charge in [-0.05, 0) is 32.5 Å². The highest BCUT2D eigenvalue weighted by Gasteiger charge is 2.32. The maximum atomic E-state index is 5.41. The first kappa shape index (κ1) is 13.9. The first-order chi connectivity index (χ1) is 7.81. The van der Waals surface area contributed by atoms with Crippen LogP contribution >= 0.6 is 0 Å². The molecular formula is C12H26N2O2. The fourth-order valence-corrected chi connectivity index (χ4v) is 2.18. The lowest BCUT2D eigenvalue weighted by Gasteiger charge is -2.14. The van der Waals surface area contributed by atoms with Crippen LogP contribution in [0.1, 0.15) is 19.8 Å². The summed E-state index contributed by atoms with van der Waals surface area (Å²) in [5.41, 5.74) is 0. The highest BCUT2D eigenvalue weighted by atomic mass is 16.5. The SMILES string of the molecule is CCCNCCCN1CC(OC)C(OC)C1. The number of nitrogens with zero attached hydrogens (tertiary/aromatic N) is 1. The lowest BCUT2D eigenvalue weighted by atomic mass is 10.3. The van der Waals surface area contributed by atoms with E-state index in [0.717, 1.165) is 32.7 Å². The zero-order valence-electron chi connectivity index (χ0n) is 10.9. The molecule has 0 aliphatic carbocycles. The van der Waals surface area contributed by atoms with Gasteiger partial charge in [0.25, 0.3) is 0 Å².